The van der Waals surface area contributed by atoms with Gasteiger partial charge >= 0.3 is 0 Å². The average Bonchev–Trinajstić information content (AvgIpc) is 2.14. The summed E-state index contributed by atoms with van der Waals surface area (Å²) >= 11 is 0. The highest BCUT2D eigenvalue weighted by Crippen LogP contribution is 2.50. The molecular weight excluding hydrogens is 108 g/mol. The topological polar surface area (TPSA) is 0 Å². The maximum absolute atomic E-state index is 2.33. The van der Waals surface area contributed by atoms with E-state index in [9.17, 15) is 0 Å². The van der Waals surface area contributed by atoms with E-state index in [2.05, 4.69) is 13.0 Å². The van der Waals surface area contributed by atoms with Crippen molar-refractivity contribution >= 4 is 0 Å². The molecular formula is C9H14. The molecule has 2 saturated carbocycles. The van der Waals surface area contributed by atoms with Gasteiger partial charge in [0.1, 0.15) is 0 Å². The molecule has 2 aliphatic rings. The van der Waals surface area contributed by atoms with Gasteiger partial charge in [0.05, 0.1) is 0 Å². The maximum Gasteiger partial charge on any atom is -0.0172 e. The zero-order valence-corrected chi connectivity index (χ0v) is 6.06. The van der Waals surface area contributed by atoms with Crippen LogP contribution >= 0.6 is 0 Å². The van der Waals surface area contributed by atoms with E-state index in [1.807, 2.05) is 0 Å². The smallest absolute Gasteiger partial charge is 0.0172 e. The average molecular weight is 122 g/mol. The van der Waals surface area contributed by atoms with Crippen molar-refractivity contribution in [1.29, 1.82) is 0 Å². The first-order valence-electron chi connectivity index (χ1n) is 4.07. The van der Waals surface area contributed by atoms with Crippen molar-refractivity contribution in [2.75, 3.05) is 0 Å². The molecule has 0 bridgehead atoms. The summed E-state index contributed by atoms with van der Waals surface area (Å²) in [6, 6.07) is 0. The summed E-state index contributed by atoms with van der Waals surface area (Å²) < 4.78 is 0. The monoisotopic (exact) mass is 122 g/mol. The number of hydrogen-bond acceptors (Lipinski definition) is 0. The fourth-order valence-corrected chi connectivity index (χ4v) is 2.39. The molecule has 50 valence electrons. The minimum absolute atomic E-state index is 1.04. The van der Waals surface area contributed by atoms with E-state index in [0.717, 1.165) is 11.8 Å². The first kappa shape index (κ1) is 5.52. The lowest BCUT2D eigenvalue weighted by Crippen LogP contribution is -2.22. The normalized spacial score (nSPS) is 44.8. The van der Waals surface area contributed by atoms with Gasteiger partial charge in [-0.1, -0.05) is 18.1 Å². The molecule has 2 rings (SSSR count). The van der Waals surface area contributed by atoms with Crippen LogP contribution in [0, 0.1) is 11.8 Å². The summed E-state index contributed by atoms with van der Waals surface area (Å²) in [7, 11) is 0. The van der Waals surface area contributed by atoms with Gasteiger partial charge in [-0.05, 0) is 38.0 Å². The minimum atomic E-state index is 1.04. The van der Waals surface area contributed by atoms with Gasteiger partial charge in [0.15, 0.2) is 0 Å². The Kier molecular flexibility index (Phi) is 1.14. The Bertz CT molecular complexity index is 144. The molecule has 0 amide bonds. The van der Waals surface area contributed by atoms with Crippen LogP contribution in [0.4, 0.5) is 0 Å². The molecule has 0 nitrogen and oxygen atoms in total. The molecule has 0 aromatic rings. The third-order valence-corrected chi connectivity index (χ3v) is 3.00. The van der Waals surface area contributed by atoms with Gasteiger partial charge in [0, 0.05) is 0 Å². The summed E-state index contributed by atoms with van der Waals surface area (Å²) in [5.41, 5.74) is 1.75. The SMILES string of the molecule is C/C=C1/CC2CCCC12. The molecule has 0 aromatic heterocycles. The predicted molar refractivity (Wildman–Crippen MR) is 39.2 cm³/mol. The van der Waals surface area contributed by atoms with Gasteiger partial charge in [0.2, 0.25) is 0 Å². The Morgan fingerprint density at radius 2 is 2.33 bits per heavy atom. The van der Waals surface area contributed by atoms with E-state index in [1.165, 1.54) is 25.7 Å². The molecule has 2 unspecified atom stereocenters. The van der Waals surface area contributed by atoms with Crippen molar-refractivity contribution in [3.63, 3.8) is 0 Å². The number of hydrogen-bond donors (Lipinski definition) is 0. The van der Waals surface area contributed by atoms with Gasteiger partial charge in [-0.15, -0.1) is 0 Å². The molecule has 0 heterocycles. The molecule has 0 spiro atoms. The first-order valence-corrected chi connectivity index (χ1v) is 4.07. The molecule has 9 heavy (non-hydrogen) atoms. The molecule has 0 aliphatic heterocycles. The fraction of sp³-hybridized carbons (Fsp3) is 0.778. The summed E-state index contributed by atoms with van der Waals surface area (Å²) in [6.45, 7) is 2.18. The van der Waals surface area contributed by atoms with Crippen LogP contribution in [0.15, 0.2) is 11.6 Å². The van der Waals surface area contributed by atoms with Gasteiger partial charge < -0.3 is 0 Å². The maximum atomic E-state index is 2.33. The lowest BCUT2D eigenvalue weighted by atomic mass is 9.71. The zero-order chi connectivity index (χ0) is 6.27. The summed E-state index contributed by atoms with van der Waals surface area (Å²) in [5, 5.41) is 0. The highest BCUT2D eigenvalue weighted by molar-refractivity contribution is 5.19. The van der Waals surface area contributed by atoms with Crippen LogP contribution < -0.4 is 0 Å². The zero-order valence-electron chi connectivity index (χ0n) is 6.06. The van der Waals surface area contributed by atoms with E-state index in [1.54, 1.807) is 5.57 Å². The number of allylic oxidation sites excluding steroid dienone is 2. The Morgan fingerprint density at radius 3 is 3.00 bits per heavy atom. The van der Waals surface area contributed by atoms with Crippen LogP contribution in [0.2, 0.25) is 0 Å². The fourth-order valence-electron chi connectivity index (χ4n) is 2.39. The Labute approximate surface area is 57.0 Å². The molecule has 0 radical (unpaired) electrons. The van der Waals surface area contributed by atoms with E-state index >= 15 is 0 Å². The molecule has 0 heteroatoms. The van der Waals surface area contributed by atoms with E-state index in [4.69, 9.17) is 0 Å². The van der Waals surface area contributed by atoms with Gasteiger partial charge in [-0.2, -0.15) is 0 Å². The minimum Gasteiger partial charge on any atom is -0.0882 e. The van der Waals surface area contributed by atoms with E-state index in [-0.39, 0.29) is 0 Å². The largest absolute Gasteiger partial charge is 0.0882 e. The molecule has 2 atom stereocenters. The highest BCUT2D eigenvalue weighted by atomic mass is 14.4. The Hall–Kier alpha value is -0.260. The highest BCUT2D eigenvalue weighted by Gasteiger charge is 2.38. The van der Waals surface area contributed by atoms with Crippen molar-refractivity contribution in [3.8, 4) is 0 Å². The third kappa shape index (κ3) is 0.654. The first-order chi connectivity index (χ1) is 4.42. The predicted octanol–water partition coefficient (Wildman–Crippen LogP) is 2.75. The number of rotatable bonds is 0. The van der Waals surface area contributed by atoms with Crippen molar-refractivity contribution in [2.45, 2.75) is 32.6 Å². The third-order valence-electron chi connectivity index (χ3n) is 3.00. The molecule has 2 aliphatic carbocycles. The van der Waals surface area contributed by atoms with Crippen LogP contribution in [-0.4, -0.2) is 0 Å². The molecule has 0 saturated heterocycles. The van der Waals surface area contributed by atoms with Crippen LogP contribution in [0.1, 0.15) is 32.6 Å². The lowest BCUT2D eigenvalue weighted by Gasteiger charge is -2.34. The Balaban J connectivity index is 2.09. The van der Waals surface area contributed by atoms with Crippen molar-refractivity contribution in [1.82, 2.24) is 0 Å². The second kappa shape index (κ2) is 1.86. The lowest BCUT2D eigenvalue weighted by molar-refractivity contribution is 0.325. The van der Waals surface area contributed by atoms with Crippen LogP contribution in [0.25, 0.3) is 0 Å². The van der Waals surface area contributed by atoms with Crippen molar-refractivity contribution < 1.29 is 0 Å². The quantitative estimate of drug-likeness (QED) is 0.433. The summed E-state index contributed by atoms with van der Waals surface area (Å²) in [4.78, 5) is 0. The van der Waals surface area contributed by atoms with Crippen LogP contribution in [-0.2, 0) is 0 Å². The van der Waals surface area contributed by atoms with E-state index < -0.39 is 0 Å². The Morgan fingerprint density at radius 1 is 1.44 bits per heavy atom. The van der Waals surface area contributed by atoms with E-state index in [0.29, 0.717) is 0 Å². The summed E-state index contributed by atoms with van der Waals surface area (Å²) in [5.74, 6) is 2.14. The van der Waals surface area contributed by atoms with Gasteiger partial charge in [-0.3, -0.25) is 0 Å². The molecule has 0 N–H and O–H groups in total. The van der Waals surface area contributed by atoms with Crippen LogP contribution in [0.3, 0.4) is 0 Å². The van der Waals surface area contributed by atoms with Crippen LogP contribution in [0.5, 0.6) is 0 Å². The van der Waals surface area contributed by atoms with Crippen molar-refractivity contribution in [2.24, 2.45) is 11.8 Å². The van der Waals surface area contributed by atoms with Gasteiger partial charge in [-0.25, -0.2) is 0 Å². The molecule has 2 fully saturated rings. The second-order valence-electron chi connectivity index (χ2n) is 3.37. The number of fused-ring (bicyclic) bond motifs is 1. The van der Waals surface area contributed by atoms with Crippen molar-refractivity contribution in [3.05, 3.63) is 11.6 Å². The van der Waals surface area contributed by atoms with Gasteiger partial charge in [0.25, 0.3) is 0 Å². The standard InChI is InChI=1S/C9H14/c1-2-7-6-8-4-3-5-9(7)8/h2,8-9H,3-6H2,1H3/b7-2-. The molecule has 0 aromatic carbocycles. The second-order valence-corrected chi connectivity index (χ2v) is 3.37. The summed E-state index contributed by atoms with van der Waals surface area (Å²) in [6.07, 6.45) is 8.26.